The van der Waals surface area contributed by atoms with Crippen LogP contribution in [0.5, 0.6) is 0 Å². The molecule has 0 rings (SSSR count). The summed E-state index contributed by atoms with van der Waals surface area (Å²) in [6.45, 7) is 7.97. The van der Waals surface area contributed by atoms with E-state index >= 15 is 0 Å². The Morgan fingerprint density at radius 3 is 2.19 bits per heavy atom. The first-order chi connectivity index (χ1) is 9.59. The van der Waals surface area contributed by atoms with E-state index in [1.165, 1.54) is 6.92 Å². The van der Waals surface area contributed by atoms with E-state index in [4.69, 9.17) is 14.8 Å². The van der Waals surface area contributed by atoms with Crippen molar-refractivity contribution < 1.29 is 32.8 Å². The number of nitrogens with one attached hydrogen (secondary N) is 1. The summed E-state index contributed by atoms with van der Waals surface area (Å²) in [6.07, 6.45) is 1.89. The van der Waals surface area contributed by atoms with Gasteiger partial charge in [-0.1, -0.05) is 20.1 Å². The van der Waals surface area contributed by atoms with Crippen LogP contribution in [0.15, 0.2) is 24.8 Å². The maximum atomic E-state index is 10.6. The quantitative estimate of drug-likeness (QED) is 0.372. The van der Waals surface area contributed by atoms with E-state index in [0.717, 1.165) is 6.08 Å². The van der Waals surface area contributed by atoms with Gasteiger partial charge in [0.05, 0.1) is 0 Å². The van der Waals surface area contributed by atoms with E-state index in [1.54, 1.807) is 0 Å². The van der Waals surface area contributed by atoms with Crippen molar-refractivity contribution >= 4 is 22.0 Å². The lowest BCUT2D eigenvalue weighted by atomic mass is 10.2. The molecule has 0 aliphatic carbocycles. The molecule has 0 heterocycles. The second kappa shape index (κ2) is 11.0. The molecule has 0 spiro atoms. The number of hydrogen-bond acceptors (Lipinski definition) is 5. The highest BCUT2D eigenvalue weighted by molar-refractivity contribution is 7.86. The lowest BCUT2D eigenvalue weighted by molar-refractivity contribution is -0.132. The van der Waals surface area contributed by atoms with E-state index in [9.17, 15) is 18.0 Å². The van der Waals surface area contributed by atoms with Gasteiger partial charge in [0.2, 0.25) is 5.91 Å². The van der Waals surface area contributed by atoms with Crippen molar-refractivity contribution in [2.45, 2.75) is 31.6 Å². The zero-order valence-corrected chi connectivity index (χ0v) is 12.6. The topological polar surface area (TPSA) is 141 Å². The molecule has 0 fully saturated rings. The molecular formula is C12H21NO7S. The van der Waals surface area contributed by atoms with Crippen LogP contribution in [0.1, 0.15) is 26.2 Å². The Balaban J connectivity index is 0. The van der Waals surface area contributed by atoms with Crippen molar-refractivity contribution in [3.63, 3.8) is 0 Å². The van der Waals surface area contributed by atoms with E-state index in [0.29, 0.717) is 12.8 Å². The third-order valence-electron chi connectivity index (χ3n) is 2.16. The number of carboxylic acids is 1. The van der Waals surface area contributed by atoms with E-state index in [1.807, 2.05) is 0 Å². The number of rotatable bonds is 8. The monoisotopic (exact) mass is 323 g/mol. The summed E-state index contributed by atoms with van der Waals surface area (Å²) in [4.78, 5) is 20.6. The summed E-state index contributed by atoms with van der Waals surface area (Å²) in [5.74, 6) is -1.61. The molecule has 0 saturated heterocycles. The second-order valence-corrected chi connectivity index (χ2v) is 5.46. The van der Waals surface area contributed by atoms with Gasteiger partial charge in [-0.25, -0.2) is 4.79 Å². The van der Waals surface area contributed by atoms with Gasteiger partial charge in [0, 0.05) is 12.2 Å². The van der Waals surface area contributed by atoms with Gasteiger partial charge >= 0.3 is 5.97 Å². The first-order valence-corrected chi connectivity index (χ1v) is 7.51. The molecule has 0 aromatic carbocycles. The predicted octanol–water partition coefficient (Wildman–Crippen LogP) is 0.312. The maximum Gasteiger partial charge on any atom is 0.330 e. The van der Waals surface area contributed by atoms with Crippen molar-refractivity contribution in [3.8, 4) is 0 Å². The smallest absolute Gasteiger partial charge is 0.330 e. The fraction of sp³-hybridized carbons (Fsp3) is 0.500. The van der Waals surface area contributed by atoms with E-state index in [-0.39, 0.29) is 18.6 Å². The van der Waals surface area contributed by atoms with Gasteiger partial charge < -0.3 is 15.5 Å². The minimum Gasteiger partial charge on any atom is -0.478 e. The van der Waals surface area contributed by atoms with Crippen LogP contribution in [0.25, 0.3) is 0 Å². The van der Waals surface area contributed by atoms with Crippen molar-refractivity contribution in [2.75, 3.05) is 6.61 Å². The van der Waals surface area contributed by atoms with Crippen molar-refractivity contribution in [2.24, 2.45) is 0 Å². The van der Waals surface area contributed by atoms with Gasteiger partial charge in [0.15, 0.2) is 5.37 Å². The third kappa shape index (κ3) is 11.8. The lowest BCUT2D eigenvalue weighted by Gasteiger charge is -2.11. The molecule has 8 nitrogen and oxygen atoms in total. The molecule has 9 heteroatoms. The number of hydrogen-bond donors (Lipinski definition) is 4. The normalized spacial score (nSPS) is 11.6. The molecule has 1 amide bonds. The van der Waals surface area contributed by atoms with Gasteiger partial charge in [0.1, 0.15) is 0 Å². The molecular weight excluding hydrogens is 302 g/mol. The Morgan fingerprint density at radius 2 is 1.90 bits per heavy atom. The highest BCUT2D eigenvalue weighted by Crippen LogP contribution is 2.00. The SMILES string of the molecule is C=C(CCCO)C(=O)O.C=CC(=O)NC(CC)S(=O)(=O)O. The average Bonchev–Trinajstić information content (AvgIpc) is 2.40. The molecule has 21 heavy (non-hydrogen) atoms. The molecule has 4 N–H and O–H groups in total. The molecule has 0 aliphatic heterocycles. The molecule has 0 radical (unpaired) electrons. The zero-order chi connectivity index (χ0) is 17.1. The zero-order valence-electron chi connectivity index (χ0n) is 11.8. The minimum atomic E-state index is -4.20. The molecule has 0 aromatic heterocycles. The van der Waals surface area contributed by atoms with Gasteiger partial charge in [-0.05, 0) is 25.3 Å². The number of amides is 1. The van der Waals surface area contributed by atoms with Crippen LogP contribution in [-0.2, 0) is 19.7 Å². The summed E-state index contributed by atoms with van der Waals surface area (Å²) in [6, 6.07) is 0. The highest BCUT2D eigenvalue weighted by Gasteiger charge is 2.21. The largest absolute Gasteiger partial charge is 0.478 e. The van der Waals surface area contributed by atoms with Crippen LogP contribution in [0.3, 0.4) is 0 Å². The number of aliphatic carboxylic acids is 1. The highest BCUT2D eigenvalue weighted by atomic mass is 32.2. The Bertz CT molecular complexity index is 470. The number of aliphatic hydroxyl groups excluding tert-OH is 1. The van der Waals surface area contributed by atoms with Gasteiger partial charge in [-0.2, -0.15) is 8.42 Å². The van der Waals surface area contributed by atoms with Gasteiger partial charge in [0.25, 0.3) is 10.1 Å². The van der Waals surface area contributed by atoms with Crippen LogP contribution < -0.4 is 5.32 Å². The molecule has 0 aliphatic rings. The summed E-state index contributed by atoms with van der Waals surface area (Å²) in [5, 5.41) is 17.3. The summed E-state index contributed by atoms with van der Waals surface area (Å²) in [7, 11) is -4.20. The van der Waals surface area contributed by atoms with Gasteiger partial charge in [-0.15, -0.1) is 0 Å². The number of aliphatic hydroxyl groups is 1. The standard InChI is InChI=1S/C6H11NO4S.C6H10O3/c1-3-5(8)7-6(4-2)12(9,10)11;1-5(6(8)9)3-2-4-7/h3,6H,1,4H2,2H3,(H,7,8)(H,9,10,11);7H,1-4H2,(H,8,9). The summed E-state index contributed by atoms with van der Waals surface area (Å²) in [5.41, 5.74) is 0.157. The van der Waals surface area contributed by atoms with E-state index < -0.39 is 27.4 Å². The fourth-order valence-corrected chi connectivity index (χ4v) is 1.69. The van der Waals surface area contributed by atoms with Crippen LogP contribution >= 0.6 is 0 Å². The Morgan fingerprint density at radius 1 is 1.38 bits per heavy atom. The summed E-state index contributed by atoms with van der Waals surface area (Å²) >= 11 is 0. The average molecular weight is 323 g/mol. The van der Waals surface area contributed by atoms with Gasteiger partial charge in [-0.3, -0.25) is 9.35 Å². The fourth-order valence-electron chi connectivity index (χ4n) is 1.00. The number of carbonyl (C=O) groups is 2. The van der Waals surface area contributed by atoms with Crippen LogP contribution in [0.4, 0.5) is 0 Å². The Labute approximate surface area is 123 Å². The molecule has 0 aromatic rings. The van der Waals surface area contributed by atoms with Crippen molar-refractivity contribution in [3.05, 3.63) is 24.8 Å². The van der Waals surface area contributed by atoms with Crippen LogP contribution in [0.2, 0.25) is 0 Å². The first-order valence-electron chi connectivity index (χ1n) is 6.01. The number of carboxylic acid groups (broad SMARTS) is 1. The summed E-state index contributed by atoms with van der Waals surface area (Å²) < 4.78 is 29.6. The molecule has 1 atom stereocenters. The lowest BCUT2D eigenvalue weighted by Crippen LogP contribution is -2.39. The second-order valence-electron chi connectivity index (χ2n) is 3.86. The molecule has 0 bridgehead atoms. The van der Waals surface area contributed by atoms with E-state index in [2.05, 4.69) is 18.5 Å². The minimum absolute atomic E-state index is 0.0201. The predicted molar refractivity (Wildman–Crippen MR) is 77.1 cm³/mol. The third-order valence-corrected chi connectivity index (χ3v) is 3.33. The molecule has 122 valence electrons. The first kappa shape index (κ1) is 21.6. The molecule has 0 saturated carbocycles. The van der Waals surface area contributed by atoms with Crippen LogP contribution in [0, 0.1) is 0 Å². The number of carbonyl (C=O) groups excluding carboxylic acids is 1. The van der Waals surface area contributed by atoms with Crippen molar-refractivity contribution in [1.29, 1.82) is 0 Å². The maximum absolute atomic E-state index is 10.6. The molecule has 1 unspecified atom stereocenters. The Kier molecular flexibility index (Phi) is 11.3. The Hall–Kier alpha value is -1.71. The van der Waals surface area contributed by atoms with Crippen LogP contribution in [-0.4, -0.2) is 47.0 Å². The van der Waals surface area contributed by atoms with Crippen molar-refractivity contribution in [1.82, 2.24) is 5.32 Å².